The van der Waals surface area contributed by atoms with Crippen LogP contribution >= 0.6 is 0 Å². The fourth-order valence-electron chi connectivity index (χ4n) is 3.70. The number of sulfonamides is 1. The summed E-state index contributed by atoms with van der Waals surface area (Å²) in [6, 6.07) is 19.5. The maximum atomic E-state index is 12.9. The highest BCUT2D eigenvalue weighted by atomic mass is 32.2. The summed E-state index contributed by atoms with van der Waals surface area (Å²) in [5, 5.41) is 3.70. The fraction of sp³-hybridized carbons (Fsp3) is 0.192. The van der Waals surface area contributed by atoms with Crippen molar-refractivity contribution >= 4 is 32.6 Å². The first-order valence-corrected chi connectivity index (χ1v) is 12.0. The van der Waals surface area contributed by atoms with Crippen molar-refractivity contribution in [1.82, 2.24) is 4.31 Å². The number of aryl methyl sites for hydroxylation is 3. The minimum atomic E-state index is -3.66. The summed E-state index contributed by atoms with van der Waals surface area (Å²) < 4.78 is 33.0. The van der Waals surface area contributed by atoms with Crippen molar-refractivity contribution in [3.05, 3.63) is 94.7 Å². The first kappa shape index (κ1) is 22.8. The Morgan fingerprint density at radius 3 is 2.24 bits per heavy atom. The van der Waals surface area contributed by atoms with Crippen molar-refractivity contribution < 1.29 is 17.6 Å². The summed E-state index contributed by atoms with van der Waals surface area (Å²) in [5.74, 6) is -0.134. The van der Waals surface area contributed by atoms with Gasteiger partial charge in [0, 0.05) is 30.2 Å². The van der Waals surface area contributed by atoms with Crippen LogP contribution in [-0.4, -0.2) is 25.7 Å². The number of furan rings is 1. The molecule has 4 aromatic rings. The molecule has 1 N–H and O–H groups in total. The molecule has 4 rings (SSSR count). The van der Waals surface area contributed by atoms with Crippen LogP contribution in [0, 0.1) is 20.8 Å². The van der Waals surface area contributed by atoms with Crippen LogP contribution in [0.4, 0.5) is 5.69 Å². The molecule has 0 atom stereocenters. The van der Waals surface area contributed by atoms with E-state index in [-0.39, 0.29) is 23.1 Å². The average molecular weight is 463 g/mol. The lowest BCUT2D eigenvalue weighted by atomic mass is 10.1. The van der Waals surface area contributed by atoms with E-state index < -0.39 is 10.0 Å². The number of fused-ring (bicyclic) bond motifs is 1. The lowest BCUT2D eigenvalue weighted by molar-refractivity contribution is 0.0998. The van der Waals surface area contributed by atoms with E-state index in [9.17, 15) is 13.2 Å². The quantitative estimate of drug-likeness (QED) is 0.414. The summed E-state index contributed by atoms with van der Waals surface area (Å²) in [4.78, 5) is 13.0. The van der Waals surface area contributed by atoms with E-state index in [1.54, 1.807) is 19.2 Å². The van der Waals surface area contributed by atoms with Gasteiger partial charge in [0.15, 0.2) is 5.76 Å². The Morgan fingerprint density at radius 1 is 0.939 bits per heavy atom. The molecule has 170 valence electrons. The van der Waals surface area contributed by atoms with Gasteiger partial charge in [-0.15, -0.1) is 0 Å². The molecule has 0 saturated heterocycles. The predicted octanol–water partition coefficient (Wildman–Crippen LogP) is 5.43. The van der Waals surface area contributed by atoms with E-state index in [0.717, 1.165) is 27.6 Å². The number of carbonyl (C=O) groups excluding carboxylic acids is 1. The molecule has 0 aliphatic heterocycles. The Kier molecular flexibility index (Phi) is 6.10. The highest BCUT2D eigenvalue weighted by Gasteiger charge is 2.22. The van der Waals surface area contributed by atoms with Crippen LogP contribution in [0.15, 0.2) is 76.0 Å². The molecule has 1 heterocycles. The predicted molar refractivity (Wildman–Crippen MR) is 130 cm³/mol. The second-order valence-corrected chi connectivity index (χ2v) is 10.3. The Balaban J connectivity index is 1.51. The Labute approximate surface area is 193 Å². The van der Waals surface area contributed by atoms with Gasteiger partial charge in [0.2, 0.25) is 10.0 Å². The van der Waals surface area contributed by atoms with Gasteiger partial charge < -0.3 is 9.73 Å². The molecule has 0 unspecified atom stereocenters. The van der Waals surface area contributed by atoms with Crippen LogP contribution < -0.4 is 5.32 Å². The SMILES string of the molecule is Cc1cc2oc(C(=O)Nc3ccc(S(=O)(=O)N(C)Cc4ccccc4)cc3)c(C)c2cc1C. The summed E-state index contributed by atoms with van der Waals surface area (Å²) >= 11 is 0. The van der Waals surface area contributed by atoms with E-state index in [2.05, 4.69) is 5.32 Å². The average Bonchev–Trinajstić information content (AvgIpc) is 3.10. The highest BCUT2D eigenvalue weighted by molar-refractivity contribution is 7.89. The van der Waals surface area contributed by atoms with E-state index in [0.29, 0.717) is 11.3 Å². The van der Waals surface area contributed by atoms with Crippen LogP contribution in [0.25, 0.3) is 11.0 Å². The maximum Gasteiger partial charge on any atom is 0.291 e. The number of carbonyl (C=O) groups is 1. The largest absolute Gasteiger partial charge is 0.451 e. The highest BCUT2D eigenvalue weighted by Crippen LogP contribution is 2.29. The molecule has 7 heteroatoms. The van der Waals surface area contributed by atoms with Crippen molar-refractivity contribution in [1.29, 1.82) is 0 Å². The van der Waals surface area contributed by atoms with Gasteiger partial charge in [-0.1, -0.05) is 30.3 Å². The number of hydrogen-bond acceptors (Lipinski definition) is 4. The van der Waals surface area contributed by atoms with Gasteiger partial charge in [-0.05, 0) is 73.9 Å². The monoisotopic (exact) mass is 462 g/mol. The number of hydrogen-bond donors (Lipinski definition) is 1. The van der Waals surface area contributed by atoms with Gasteiger partial charge in [0.25, 0.3) is 5.91 Å². The van der Waals surface area contributed by atoms with Crippen LogP contribution in [0.3, 0.4) is 0 Å². The molecule has 0 aliphatic carbocycles. The van der Waals surface area contributed by atoms with E-state index in [4.69, 9.17) is 4.42 Å². The molecule has 0 saturated carbocycles. The first-order chi connectivity index (χ1) is 15.7. The fourth-order valence-corrected chi connectivity index (χ4v) is 4.86. The van der Waals surface area contributed by atoms with Crippen molar-refractivity contribution in [3.8, 4) is 0 Å². The normalized spacial score (nSPS) is 11.8. The van der Waals surface area contributed by atoms with Gasteiger partial charge in [0.05, 0.1) is 4.90 Å². The molecule has 3 aromatic carbocycles. The molecule has 0 aliphatic rings. The third kappa shape index (κ3) is 4.55. The third-order valence-corrected chi connectivity index (χ3v) is 7.64. The standard InChI is InChI=1S/C26H26N2O4S/c1-17-14-23-19(3)25(32-24(23)15-18(17)2)26(29)27-21-10-12-22(13-11-21)33(30,31)28(4)16-20-8-6-5-7-9-20/h5-15H,16H2,1-4H3,(H,27,29). The third-order valence-electron chi connectivity index (χ3n) is 5.83. The van der Waals surface area contributed by atoms with Gasteiger partial charge in [-0.3, -0.25) is 4.79 Å². The number of benzene rings is 3. The zero-order valence-electron chi connectivity index (χ0n) is 19.0. The van der Waals surface area contributed by atoms with Crippen molar-refractivity contribution in [2.75, 3.05) is 12.4 Å². The number of nitrogens with one attached hydrogen (secondary N) is 1. The smallest absolute Gasteiger partial charge is 0.291 e. The zero-order valence-corrected chi connectivity index (χ0v) is 19.9. The summed E-state index contributed by atoms with van der Waals surface area (Å²) in [7, 11) is -2.12. The number of anilines is 1. The maximum absolute atomic E-state index is 12.9. The molecule has 1 aromatic heterocycles. The van der Waals surface area contributed by atoms with Crippen LogP contribution in [0.1, 0.15) is 32.8 Å². The summed E-state index contributed by atoms with van der Waals surface area (Å²) in [6.07, 6.45) is 0. The van der Waals surface area contributed by atoms with Crippen LogP contribution in [-0.2, 0) is 16.6 Å². The Bertz CT molecular complexity index is 1420. The van der Waals surface area contributed by atoms with Crippen molar-refractivity contribution in [3.63, 3.8) is 0 Å². The zero-order chi connectivity index (χ0) is 23.8. The van der Waals surface area contributed by atoms with Gasteiger partial charge in [-0.2, -0.15) is 4.31 Å². The topological polar surface area (TPSA) is 79.6 Å². The minimum Gasteiger partial charge on any atom is -0.451 e. The lowest BCUT2D eigenvalue weighted by Crippen LogP contribution is -2.26. The van der Waals surface area contributed by atoms with Crippen LogP contribution in [0.2, 0.25) is 0 Å². The second-order valence-electron chi connectivity index (χ2n) is 8.21. The number of nitrogens with zero attached hydrogens (tertiary/aromatic N) is 1. The molecule has 0 spiro atoms. The van der Waals surface area contributed by atoms with Gasteiger partial charge in [0.1, 0.15) is 5.58 Å². The molecule has 0 fully saturated rings. The van der Waals surface area contributed by atoms with Crippen molar-refractivity contribution in [2.45, 2.75) is 32.2 Å². The lowest BCUT2D eigenvalue weighted by Gasteiger charge is -2.17. The van der Waals surface area contributed by atoms with Crippen molar-refractivity contribution in [2.24, 2.45) is 0 Å². The van der Waals surface area contributed by atoms with Gasteiger partial charge >= 0.3 is 0 Å². The first-order valence-electron chi connectivity index (χ1n) is 10.6. The minimum absolute atomic E-state index is 0.157. The molecule has 33 heavy (non-hydrogen) atoms. The van der Waals surface area contributed by atoms with E-state index >= 15 is 0 Å². The van der Waals surface area contributed by atoms with E-state index in [1.807, 2.05) is 63.2 Å². The summed E-state index contributed by atoms with van der Waals surface area (Å²) in [5.41, 5.74) is 5.05. The Morgan fingerprint density at radius 2 is 1.58 bits per heavy atom. The molecule has 0 bridgehead atoms. The molecule has 6 nitrogen and oxygen atoms in total. The molecular weight excluding hydrogens is 436 g/mol. The molecule has 0 radical (unpaired) electrons. The molecule has 1 amide bonds. The molecular formula is C26H26N2O4S. The number of rotatable bonds is 6. The number of amides is 1. The van der Waals surface area contributed by atoms with Gasteiger partial charge in [-0.25, -0.2) is 8.42 Å². The second kappa shape index (κ2) is 8.84. The Hall–Kier alpha value is -3.42. The van der Waals surface area contributed by atoms with E-state index in [1.165, 1.54) is 16.4 Å². The summed E-state index contributed by atoms with van der Waals surface area (Å²) in [6.45, 7) is 6.15. The van der Waals surface area contributed by atoms with Crippen LogP contribution in [0.5, 0.6) is 0 Å².